The Hall–Kier alpha value is -1.33. The molecule has 2 aromatic rings. The van der Waals surface area contributed by atoms with Gasteiger partial charge in [0.05, 0.1) is 23.1 Å². The normalized spacial score (nSPS) is 18.1. The number of hydrogen-bond donors (Lipinski definition) is 1. The number of nitrogens with zero attached hydrogens (tertiary/aromatic N) is 2. The summed E-state index contributed by atoms with van der Waals surface area (Å²) in [6, 6.07) is 3.04. The molecule has 3 rings (SSSR count). The Morgan fingerprint density at radius 3 is 2.67 bits per heavy atom. The molecule has 0 radical (unpaired) electrons. The molecule has 2 heterocycles. The van der Waals surface area contributed by atoms with E-state index in [-0.39, 0.29) is 11.4 Å². The van der Waals surface area contributed by atoms with Gasteiger partial charge in [0.2, 0.25) is 0 Å². The van der Waals surface area contributed by atoms with Crippen molar-refractivity contribution in [3.63, 3.8) is 0 Å². The van der Waals surface area contributed by atoms with Crippen LogP contribution in [0.1, 0.15) is 30.7 Å². The number of nitrogens with two attached hydrogens (primary N) is 1. The van der Waals surface area contributed by atoms with Crippen LogP contribution in [0.25, 0.3) is 11.4 Å². The Balaban J connectivity index is 1.91. The fraction of sp³-hybridized carbons (Fsp3) is 0.385. The quantitative estimate of drug-likeness (QED) is 0.906. The van der Waals surface area contributed by atoms with Crippen molar-refractivity contribution in [2.24, 2.45) is 5.73 Å². The average molecular weight is 263 g/mol. The molecule has 2 aromatic heterocycles. The molecule has 0 saturated heterocycles. The summed E-state index contributed by atoms with van der Waals surface area (Å²) in [7, 11) is 0. The van der Waals surface area contributed by atoms with Crippen LogP contribution in [0.15, 0.2) is 23.7 Å². The second-order valence-corrected chi connectivity index (χ2v) is 5.62. The number of aromatic nitrogens is 2. The Morgan fingerprint density at radius 1 is 1.22 bits per heavy atom. The number of thiazole rings is 1. The molecule has 1 saturated carbocycles. The van der Waals surface area contributed by atoms with E-state index in [4.69, 9.17) is 5.73 Å². The van der Waals surface area contributed by atoms with Crippen LogP contribution in [-0.2, 0) is 5.54 Å². The minimum atomic E-state index is -0.333. The predicted octanol–water partition coefficient (Wildman–Crippen LogP) is 3.07. The molecule has 1 aliphatic carbocycles. The highest BCUT2D eigenvalue weighted by Crippen LogP contribution is 2.38. The smallest absolute Gasteiger partial charge is 0.141 e. The van der Waals surface area contributed by atoms with Gasteiger partial charge in [-0.2, -0.15) is 0 Å². The SMILES string of the molecule is NC1(c2nc(-c3ccc(F)cn3)cs2)CCCC1. The lowest BCUT2D eigenvalue weighted by molar-refractivity contribution is 0.459. The molecule has 0 atom stereocenters. The van der Waals surface area contributed by atoms with Crippen molar-refractivity contribution in [1.29, 1.82) is 0 Å². The van der Waals surface area contributed by atoms with Crippen LogP contribution in [0.2, 0.25) is 0 Å². The minimum Gasteiger partial charge on any atom is -0.319 e. The van der Waals surface area contributed by atoms with E-state index in [9.17, 15) is 4.39 Å². The van der Waals surface area contributed by atoms with E-state index in [1.165, 1.54) is 25.1 Å². The first-order valence-corrected chi connectivity index (χ1v) is 6.92. The summed E-state index contributed by atoms with van der Waals surface area (Å²) in [6.45, 7) is 0. The van der Waals surface area contributed by atoms with Crippen LogP contribution >= 0.6 is 11.3 Å². The maximum absolute atomic E-state index is 12.8. The molecular weight excluding hydrogens is 249 g/mol. The van der Waals surface area contributed by atoms with Gasteiger partial charge in [-0.05, 0) is 25.0 Å². The molecule has 1 fully saturated rings. The van der Waals surface area contributed by atoms with Crippen molar-refractivity contribution >= 4 is 11.3 Å². The van der Waals surface area contributed by atoms with E-state index in [1.54, 1.807) is 17.4 Å². The van der Waals surface area contributed by atoms with E-state index in [1.807, 2.05) is 5.38 Å². The van der Waals surface area contributed by atoms with Gasteiger partial charge in [-0.25, -0.2) is 9.37 Å². The second-order valence-electron chi connectivity index (χ2n) is 4.76. The van der Waals surface area contributed by atoms with E-state index in [0.717, 1.165) is 23.5 Å². The van der Waals surface area contributed by atoms with E-state index in [2.05, 4.69) is 9.97 Å². The Bertz CT molecular complexity index is 544. The Morgan fingerprint density at radius 2 is 2.00 bits per heavy atom. The van der Waals surface area contributed by atoms with E-state index >= 15 is 0 Å². The van der Waals surface area contributed by atoms with Gasteiger partial charge in [0.1, 0.15) is 10.8 Å². The highest BCUT2D eigenvalue weighted by atomic mass is 32.1. The molecule has 0 spiro atoms. The molecule has 0 aromatic carbocycles. The highest BCUT2D eigenvalue weighted by molar-refractivity contribution is 7.10. The Kier molecular flexibility index (Phi) is 2.87. The third kappa shape index (κ3) is 2.04. The van der Waals surface area contributed by atoms with Crippen molar-refractivity contribution in [3.05, 3.63) is 34.5 Å². The molecule has 94 valence electrons. The van der Waals surface area contributed by atoms with Gasteiger partial charge in [0, 0.05) is 5.38 Å². The number of pyridine rings is 1. The first kappa shape index (κ1) is 11.7. The summed E-state index contributed by atoms with van der Waals surface area (Å²) in [6.07, 6.45) is 5.54. The number of halogens is 1. The van der Waals surface area contributed by atoms with E-state index in [0.29, 0.717) is 5.69 Å². The van der Waals surface area contributed by atoms with Crippen LogP contribution in [0.5, 0.6) is 0 Å². The van der Waals surface area contributed by atoms with Gasteiger partial charge in [-0.3, -0.25) is 4.98 Å². The van der Waals surface area contributed by atoms with Crippen LogP contribution in [0, 0.1) is 5.82 Å². The van der Waals surface area contributed by atoms with Crippen molar-refractivity contribution in [2.75, 3.05) is 0 Å². The van der Waals surface area contributed by atoms with Crippen LogP contribution in [0.3, 0.4) is 0 Å². The van der Waals surface area contributed by atoms with Crippen LogP contribution in [0.4, 0.5) is 4.39 Å². The summed E-state index contributed by atoms with van der Waals surface area (Å²) in [5.74, 6) is -0.333. The maximum atomic E-state index is 12.8. The third-order valence-corrected chi connectivity index (χ3v) is 4.48. The van der Waals surface area contributed by atoms with Gasteiger partial charge in [0.25, 0.3) is 0 Å². The van der Waals surface area contributed by atoms with Crippen molar-refractivity contribution in [2.45, 2.75) is 31.2 Å². The van der Waals surface area contributed by atoms with Crippen molar-refractivity contribution in [1.82, 2.24) is 9.97 Å². The lowest BCUT2D eigenvalue weighted by Crippen LogP contribution is -2.32. The highest BCUT2D eigenvalue weighted by Gasteiger charge is 2.34. The van der Waals surface area contributed by atoms with Crippen LogP contribution < -0.4 is 5.73 Å². The van der Waals surface area contributed by atoms with Crippen LogP contribution in [-0.4, -0.2) is 9.97 Å². The Labute approximate surface area is 109 Å². The molecular formula is C13H14FN3S. The summed E-state index contributed by atoms with van der Waals surface area (Å²) in [5.41, 5.74) is 7.58. The topological polar surface area (TPSA) is 51.8 Å². The lowest BCUT2D eigenvalue weighted by atomic mass is 10.0. The van der Waals surface area contributed by atoms with Crippen molar-refractivity contribution < 1.29 is 4.39 Å². The first-order valence-electron chi connectivity index (χ1n) is 6.04. The predicted molar refractivity (Wildman–Crippen MR) is 69.6 cm³/mol. The minimum absolute atomic E-state index is 0.261. The first-order chi connectivity index (χ1) is 8.67. The summed E-state index contributed by atoms with van der Waals surface area (Å²) in [4.78, 5) is 8.61. The summed E-state index contributed by atoms with van der Waals surface area (Å²) in [5, 5.41) is 2.92. The molecule has 18 heavy (non-hydrogen) atoms. The van der Waals surface area contributed by atoms with Gasteiger partial charge in [-0.1, -0.05) is 12.8 Å². The zero-order valence-electron chi connectivity index (χ0n) is 9.90. The fourth-order valence-electron chi connectivity index (χ4n) is 2.37. The number of hydrogen-bond acceptors (Lipinski definition) is 4. The molecule has 0 amide bonds. The zero-order chi connectivity index (χ0) is 12.6. The van der Waals surface area contributed by atoms with Gasteiger partial charge >= 0.3 is 0 Å². The standard InChI is InChI=1S/C13H14FN3S/c14-9-3-4-10(16-7-9)11-8-18-12(17-11)13(15)5-1-2-6-13/h3-4,7-8H,1-2,5-6,15H2. The monoisotopic (exact) mass is 263 g/mol. The van der Waals surface area contributed by atoms with Gasteiger partial charge in [0.15, 0.2) is 0 Å². The summed E-state index contributed by atoms with van der Waals surface area (Å²) < 4.78 is 12.8. The van der Waals surface area contributed by atoms with E-state index < -0.39 is 0 Å². The lowest BCUT2D eigenvalue weighted by Gasteiger charge is -2.19. The summed E-state index contributed by atoms with van der Waals surface area (Å²) >= 11 is 1.57. The maximum Gasteiger partial charge on any atom is 0.141 e. The molecule has 1 aliphatic rings. The second kappa shape index (κ2) is 4.40. The molecule has 0 unspecified atom stereocenters. The van der Waals surface area contributed by atoms with Gasteiger partial charge < -0.3 is 5.73 Å². The molecule has 5 heteroatoms. The zero-order valence-corrected chi connectivity index (χ0v) is 10.7. The average Bonchev–Trinajstić information content (AvgIpc) is 2.99. The molecule has 0 bridgehead atoms. The molecule has 2 N–H and O–H groups in total. The van der Waals surface area contributed by atoms with Crippen molar-refractivity contribution in [3.8, 4) is 11.4 Å². The number of rotatable bonds is 2. The fourth-order valence-corrected chi connectivity index (χ4v) is 3.35. The molecule has 0 aliphatic heterocycles. The molecule has 3 nitrogen and oxygen atoms in total. The largest absolute Gasteiger partial charge is 0.319 e. The van der Waals surface area contributed by atoms with Gasteiger partial charge in [-0.15, -0.1) is 11.3 Å². The third-order valence-electron chi connectivity index (χ3n) is 3.42.